The molecule has 0 aromatic rings. The highest BCUT2D eigenvalue weighted by molar-refractivity contribution is 4.75. The fourth-order valence-corrected chi connectivity index (χ4v) is 2.40. The summed E-state index contributed by atoms with van der Waals surface area (Å²) in [5.74, 6) is 0.275. The molecule has 102 valence electrons. The Kier molecular flexibility index (Phi) is 5.73. The summed E-state index contributed by atoms with van der Waals surface area (Å²) in [6.07, 6.45) is 0.108. The molecule has 5 heteroatoms. The number of aliphatic hydroxyl groups excluding tert-OH is 1. The third-order valence-corrected chi connectivity index (χ3v) is 3.47. The van der Waals surface area contributed by atoms with Crippen molar-refractivity contribution in [3.63, 3.8) is 0 Å². The predicted molar refractivity (Wildman–Crippen MR) is 60.8 cm³/mol. The van der Waals surface area contributed by atoms with E-state index in [0.717, 1.165) is 25.7 Å². The lowest BCUT2D eigenvalue weighted by Crippen LogP contribution is -2.36. The first-order chi connectivity index (χ1) is 7.88. The Hall–Kier alpha value is -0.290. The van der Waals surface area contributed by atoms with Gasteiger partial charge in [0.15, 0.2) is 0 Å². The van der Waals surface area contributed by atoms with Crippen LogP contribution in [0.15, 0.2) is 0 Å². The highest BCUT2D eigenvalue weighted by atomic mass is 19.4. The average Bonchev–Trinajstić information content (AvgIpc) is 2.27. The van der Waals surface area contributed by atoms with E-state index in [1.165, 1.54) is 6.42 Å². The van der Waals surface area contributed by atoms with Crippen molar-refractivity contribution in [2.45, 2.75) is 50.8 Å². The Morgan fingerprint density at radius 3 is 2.35 bits per heavy atom. The number of hydrogen-bond acceptors (Lipinski definition) is 2. The average molecular weight is 253 g/mol. The first-order valence-corrected chi connectivity index (χ1v) is 6.32. The molecular weight excluding hydrogens is 231 g/mol. The smallest absolute Gasteiger partial charge is 0.390 e. The molecule has 17 heavy (non-hydrogen) atoms. The van der Waals surface area contributed by atoms with Crippen LogP contribution >= 0.6 is 0 Å². The third-order valence-electron chi connectivity index (χ3n) is 3.47. The quantitative estimate of drug-likeness (QED) is 0.814. The van der Waals surface area contributed by atoms with Gasteiger partial charge in [-0.2, -0.15) is 13.2 Å². The molecule has 1 N–H and O–H groups in total. The Balaban J connectivity index is 2.22. The number of likely N-dealkylation sites (N-methyl/N-ethyl adjacent to an activating group) is 1. The van der Waals surface area contributed by atoms with Gasteiger partial charge in [0.05, 0.1) is 12.5 Å². The summed E-state index contributed by atoms with van der Waals surface area (Å²) < 4.78 is 36.1. The van der Waals surface area contributed by atoms with Gasteiger partial charge in [0.1, 0.15) is 0 Å². The molecule has 1 fully saturated rings. The maximum atomic E-state index is 12.0. The lowest BCUT2D eigenvalue weighted by atomic mass is 9.85. The normalized spacial score (nSPS) is 20.8. The minimum Gasteiger partial charge on any atom is -0.392 e. The molecule has 0 aliphatic heterocycles. The summed E-state index contributed by atoms with van der Waals surface area (Å²) in [5, 5.41) is 9.95. The summed E-state index contributed by atoms with van der Waals surface area (Å²) in [4.78, 5) is 1.58. The first kappa shape index (κ1) is 14.8. The predicted octanol–water partition coefficient (Wildman–Crippen LogP) is 2.81. The van der Waals surface area contributed by atoms with E-state index in [4.69, 9.17) is 0 Å². The zero-order valence-electron chi connectivity index (χ0n) is 10.3. The van der Waals surface area contributed by atoms with E-state index in [9.17, 15) is 18.3 Å². The Morgan fingerprint density at radius 1 is 1.24 bits per heavy atom. The number of rotatable bonds is 5. The van der Waals surface area contributed by atoms with Gasteiger partial charge in [0.2, 0.25) is 0 Å². The molecular formula is C12H22F3NO. The van der Waals surface area contributed by atoms with Crippen molar-refractivity contribution in [2.75, 3.05) is 20.1 Å². The van der Waals surface area contributed by atoms with E-state index in [2.05, 4.69) is 0 Å². The second kappa shape index (κ2) is 6.59. The maximum Gasteiger partial charge on any atom is 0.390 e. The van der Waals surface area contributed by atoms with Crippen LogP contribution in [0, 0.1) is 5.92 Å². The molecule has 0 amide bonds. The van der Waals surface area contributed by atoms with Crippen LogP contribution in [0.1, 0.15) is 38.5 Å². The minimum atomic E-state index is -4.11. The lowest BCUT2D eigenvalue weighted by molar-refractivity contribution is -0.138. The van der Waals surface area contributed by atoms with E-state index in [0.29, 0.717) is 6.54 Å². The fourth-order valence-electron chi connectivity index (χ4n) is 2.40. The van der Waals surface area contributed by atoms with Gasteiger partial charge in [-0.1, -0.05) is 19.3 Å². The lowest BCUT2D eigenvalue weighted by Gasteiger charge is -2.29. The summed E-state index contributed by atoms with van der Waals surface area (Å²) >= 11 is 0. The molecule has 0 heterocycles. The van der Waals surface area contributed by atoms with Crippen LogP contribution in [-0.2, 0) is 0 Å². The highest BCUT2D eigenvalue weighted by Gasteiger charge is 2.28. The topological polar surface area (TPSA) is 23.5 Å². The second-order valence-electron chi connectivity index (χ2n) is 5.09. The van der Waals surface area contributed by atoms with Gasteiger partial charge in [-0.25, -0.2) is 0 Å². The van der Waals surface area contributed by atoms with Crippen LogP contribution in [-0.4, -0.2) is 42.4 Å². The van der Waals surface area contributed by atoms with Crippen LogP contribution < -0.4 is 0 Å². The number of halogens is 3. The van der Waals surface area contributed by atoms with Gasteiger partial charge >= 0.3 is 6.18 Å². The molecule has 0 saturated heterocycles. The van der Waals surface area contributed by atoms with Crippen molar-refractivity contribution < 1.29 is 18.3 Å². The van der Waals surface area contributed by atoms with Gasteiger partial charge in [0, 0.05) is 13.1 Å². The fraction of sp³-hybridized carbons (Fsp3) is 1.00. The van der Waals surface area contributed by atoms with E-state index in [1.807, 2.05) is 0 Å². The van der Waals surface area contributed by atoms with Crippen LogP contribution in [0.5, 0.6) is 0 Å². The van der Waals surface area contributed by atoms with E-state index >= 15 is 0 Å². The molecule has 0 spiro atoms. The van der Waals surface area contributed by atoms with Gasteiger partial charge in [-0.05, 0) is 25.8 Å². The molecule has 0 aromatic heterocycles. The second-order valence-corrected chi connectivity index (χ2v) is 5.09. The van der Waals surface area contributed by atoms with E-state index in [1.54, 1.807) is 11.9 Å². The maximum absolute atomic E-state index is 12.0. The van der Waals surface area contributed by atoms with Crippen LogP contribution in [0.4, 0.5) is 13.2 Å². The molecule has 0 radical (unpaired) electrons. The van der Waals surface area contributed by atoms with Gasteiger partial charge < -0.3 is 10.0 Å². The van der Waals surface area contributed by atoms with Crippen molar-refractivity contribution >= 4 is 0 Å². The number of aliphatic hydroxyl groups is 1. The van der Waals surface area contributed by atoms with Gasteiger partial charge in [0.25, 0.3) is 0 Å². The highest BCUT2D eigenvalue weighted by Crippen LogP contribution is 2.27. The third kappa shape index (κ3) is 6.27. The molecule has 0 bridgehead atoms. The molecule has 1 rings (SSSR count). The van der Waals surface area contributed by atoms with Crippen LogP contribution in [0.3, 0.4) is 0 Å². The molecule has 1 unspecified atom stereocenters. The number of hydrogen-bond donors (Lipinski definition) is 1. The molecule has 2 nitrogen and oxygen atoms in total. The van der Waals surface area contributed by atoms with Crippen molar-refractivity contribution in [3.05, 3.63) is 0 Å². The monoisotopic (exact) mass is 253 g/mol. The zero-order chi connectivity index (χ0) is 12.9. The van der Waals surface area contributed by atoms with Crippen LogP contribution in [0.2, 0.25) is 0 Å². The van der Waals surface area contributed by atoms with Crippen LogP contribution in [0.25, 0.3) is 0 Å². The Bertz CT molecular complexity index is 214. The van der Waals surface area contributed by atoms with Gasteiger partial charge in [-0.15, -0.1) is 0 Å². The zero-order valence-corrected chi connectivity index (χ0v) is 10.3. The Morgan fingerprint density at radius 2 is 1.82 bits per heavy atom. The summed E-state index contributed by atoms with van der Waals surface area (Å²) in [5.41, 5.74) is 0. The number of alkyl halides is 3. The summed E-state index contributed by atoms with van der Waals surface area (Å²) in [6.45, 7) is 0.314. The largest absolute Gasteiger partial charge is 0.392 e. The molecule has 0 aromatic carbocycles. The van der Waals surface area contributed by atoms with Crippen molar-refractivity contribution in [3.8, 4) is 0 Å². The van der Waals surface area contributed by atoms with Crippen molar-refractivity contribution in [1.82, 2.24) is 4.90 Å². The van der Waals surface area contributed by atoms with E-state index in [-0.39, 0.29) is 12.5 Å². The molecule has 1 saturated carbocycles. The SMILES string of the molecule is CN(CCC(F)(F)F)CC(O)C1CCCCC1. The summed E-state index contributed by atoms with van der Waals surface area (Å²) in [6, 6.07) is 0. The van der Waals surface area contributed by atoms with Crippen molar-refractivity contribution in [2.24, 2.45) is 5.92 Å². The van der Waals surface area contributed by atoms with E-state index < -0.39 is 18.7 Å². The number of nitrogens with zero attached hydrogens (tertiary/aromatic N) is 1. The molecule has 1 atom stereocenters. The first-order valence-electron chi connectivity index (χ1n) is 6.32. The summed E-state index contributed by atoms with van der Waals surface area (Å²) in [7, 11) is 1.64. The van der Waals surface area contributed by atoms with Crippen molar-refractivity contribution in [1.29, 1.82) is 0 Å². The minimum absolute atomic E-state index is 0.0344. The van der Waals surface area contributed by atoms with Gasteiger partial charge in [-0.3, -0.25) is 0 Å². The molecule has 1 aliphatic carbocycles. The molecule has 1 aliphatic rings. The standard InChI is InChI=1S/C12H22F3NO/c1-16(8-7-12(13,14)15)9-11(17)10-5-3-2-4-6-10/h10-11,17H,2-9H2,1H3. The Labute approximate surface area is 101 Å².